The highest BCUT2D eigenvalue weighted by Gasteiger charge is 2.35. The van der Waals surface area contributed by atoms with Crippen LogP contribution in [0.2, 0.25) is 5.15 Å². The number of amides is 2. The summed E-state index contributed by atoms with van der Waals surface area (Å²) in [7, 11) is 0. The smallest absolute Gasteiger partial charge is 0.409 e. The molecule has 2 saturated heterocycles. The molecule has 2 aliphatic heterocycles. The summed E-state index contributed by atoms with van der Waals surface area (Å²) >= 11 is 9.86. The lowest BCUT2D eigenvalue weighted by Crippen LogP contribution is -2.40. The number of hydrogen-bond donors (Lipinski definition) is 0. The van der Waals surface area contributed by atoms with Gasteiger partial charge in [-0.1, -0.05) is 82.9 Å². The highest BCUT2D eigenvalue weighted by molar-refractivity contribution is 9.10. The molecule has 10 heteroatoms. The number of pyridine rings is 2. The number of piperidine rings is 2. The number of aryl methyl sites for hydroxylation is 4. The van der Waals surface area contributed by atoms with E-state index in [4.69, 9.17) is 31.0 Å². The normalized spacial score (nSPS) is 17.6. The second-order valence-electron chi connectivity index (χ2n) is 15.1. The van der Waals surface area contributed by atoms with Gasteiger partial charge in [0.1, 0.15) is 5.15 Å². The summed E-state index contributed by atoms with van der Waals surface area (Å²) < 4.78 is 11.4. The van der Waals surface area contributed by atoms with Crippen LogP contribution in [0.15, 0.2) is 70.8 Å². The lowest BCUT2D eigenvalue weighted by Gasteiger charge is -2.36. The standard InChI is InChI=1S/C23H25BrN2O2.C23H25ClN2O2/c1-3-28-23(27)26-10-8-16(9-11-26)21-20-7-4-15(2)12-17(20)5-6-18-13-19(24)14-25-22(18)21;1-3-28-23(27)26-12-10-16(11-13-26)21-19-8-4-15(2)14-18(19)6-5-17-7-9-20(24)25-22(17)21/h4,7,12-14H,3,5-6,8-11H2,1-2H3;4-9,14,16,21H,3,10-13H2,1-2H3. The van der Waals surface area contributed by atoms with Gasteiger partial charge < -0.3 is 19.3 Å². The van der Waals surface area contributed by atoms with Crippen LogP contribution in [-0.2, 0) is 22.3 Å². The highest BCUT2D eigenvalue weighted by atomic mass is 79.9. The third-order valence-corrected chi connectivity index (χ3v) is 12.0. The number of carbonyl (C=O) groups excluding carboxylic acids is 2. The van der Waals surface area contributed by atoms with Crippen LogP contribution in [0.25, 0.3) is 17.7 Å². The van der Waals surface area contributed by atoms with E-state index >= 15 is 0 Å². The number of fused-ring (bicyclic) bond motifs is 4. The Morgan fingerprint density at radius 2 is 1.43 bits per heavy atom. The van der Waals surface area contributed by atoms with E-state index in [9.17, 15) is 9.59 Å². The number of rotatable bonds is 3. The van der Waals surface area contributed by atoms with Crippen LogP contribution in [-0.4, -0.2) is 71.3 Å². The second-order valence-corrected chi connectivity index (χ2v) is 16.4. The molecule has 2 fully saturated rings. The van der Waals surface area contributed by atoms with Crippen molar-refractivity contribution in [1.29, 1.82) is 0 Å². The Kier molecular flexibility index (Phi) is 12.6. The Morgan fingerprint density at radius 3 is 2.14 bits per heavy atom. The predicted octanol–water partition coefficient (Wildman–Crippen LogP) is 10.8. The molecule has 4 aliphatic rings. The van der Waals surface area contributed by atoms with E-state index < -0.39 is 0 Å². The number of aromatic nitrogens is 2. The van der Waals surface area contributed by atoms with Crippen molar-refractivity contribution in [2.45, 2.75) is 72.1 Å². The molecule has 2 aliphatic carbocycles. The van der Waals surface area contributed by atoms with Crippen LogP contribution in [0.3, 0.4) is 0 Å². The molecular weight excluding hydrogens is 788 g/mol. The van der Waals surface area contributed by atoms with Crippen LogP contribution < -0.4 is 0 Å². The minimum Gasteiger partial charge on any atom is -0.450 e. The summed E-state index contributed by atoms with van der Waals surface area (Å²) in [4.78, 5) is 37.4. The summed E-state index contributed by atoms with van der Waals surface area (Å²) in [6, 6.07) is 19.5. The zero-order valence-electron chi connectivity index (χ0n) is 32.7. The van der Waals surface area contributed by atoms with Crippen LogP contribution in [0.4, 0.5) is 9.59 Å². The molecule has 0 radical (unpaired) electrons. The maximum atomic E-state index is 12.1. The van der Waals surface area contributed by atoms with E-state index in [1.165, 1.54) is 50.1 Å². The first-order valence-electron chi connectivity index (χ1n) is 19.9. The predicted molar refractivity (Wildman–Crippen MR) is 227 cm³/mol. The summed E-state index contributed by atoms with van der Waals surface area (Å²) in [6.07, 6.45) is 11.4. The number of nitrogens with zero attached hydrogens (tertiary/aromatic N) is 4. The van der Waals surface area contributed by atoms with Gasteiger partial charge in [-0.25, -0.2) is 14.6 Å². The van der Waals surface area contributed by atoms with Gasteiger partial charge in [-0.05, 0) is 134 Å². The molecule has 2 aromatic carbocycles. The largest absolute Gasteiger partial charge is 0.450 e. The number of hydrogen-bond acceptors (Lipinski definition) is 6. The number of halogens is 2. The van der Waals surface area contributed by atoms with E-state index in [0.29, 0.717) is 50.5 Å². The van der Waals surface area contributed by atoms with Gasteiger partial charge in [0, 0.05) is 48.3 Å². The Labute approximate surface area is 344 Å². The van der Waals surface area contributed by atoms with Gasteiger partial charge in [-0.2, -0.15) is 0 Å². The summed E-state index contributed by atoms with van der Waals surface area (Å²) in [5.41, 5.74) is 15.0. The van der Waals surface area contributed by atoms with Crippen molar-refractivity contribution >= 4 is 57.4 Å². The molecule has 0 saturated carbocycles. The topological polar surface area (TPSA) is 84.9 Å². The van der Waals surface area contributed by atoms with Gasteiger partial charge in [0.15, 0.2) is 0 Å². The van der Waals surface area contributed by atoms with Gasteiger partial charge in [0.25, 0.3) is 0 Å². The monoisotopic (exact) mass is 836 g/mol. The number of likely N-dealkylation sites (tertiary alicyclic amines) is 2. The fourth-order valence-corrected chi connectivity index (χ4v) is 9.19. The SMILES string of the molecule is CCOC(=O)N1CCC(=C2c3ccc(C)cc3CCc3cc(Br)cnc32)CC1.CCOC(=O)N1CCC(C2c3ccc(C)cc3C=Cc3ccc(Cl)nc32)CC1. The Morgan fingerprint density at radius 1 is 0.786 bits per heavy atom. The average Bonchev–Trinajstić information content (AvgIpc) is 3.45. The van der Waals surface area contributed by atoms with Crippen molar-refractivity contribution in [2.75, 3.05) is 39.4 Å². The van der Waals surface area contributed by atoms with Crippen molar-refractivity contribution < 1.29 is 19.1 Å². The van der Waals surface area contributed by atoms with Gasteiger partial charge in [-0.3, -0.25) is 4.98 Å². The van der Waals surface area contributed by atoms with Crippen molar-refractivity contribution in [3.8, 4) is 0 Å². The van der Waals surface area contributed by atoms with Gasteiger partial charge in [0.05, 0.1) is 24.6 Å². The third kappa shape index (κ3) is 8.74. The Hall–Kier alpha value is -4.47. The summed E-state index contributed by atoms with van der Waals surface area (Å²) in [5, 5.41) is 0.525. The maximum Gasteiger partial charge on any atom is 0.409 e. The molecule has 292 valence electrons. The molecule has 0 bridgehead atoms. The quantitative estimate of drug-likeness (QED) is 0.191. The molecule has 2 amide bonds. The molecule has 8 nitrogen and oxygen atoms in total. The molecule has 8 rings (SSSR count). The zero-order valence-corrected chi connectivity index (χ0v) is 35.1. The zero-order chi connectivity index (χ0) is 39.3. The molecule has 1 unspecified atom stereocenters. The first-order chi connectivity index (χ1) is 27.1. The van der Waals surface area contributed by atoms with Crippen molar-refractivity contribution in [1.82, 2.24) is 19.8 Å². The molecule has 4 heterocycles. The molecule has 0 spiro atoms. The molecular formula is C46H50BrClN4O4. The summed E-state index contributed by atoms with van der Waals surface area (Å²) in [5.74, 6) is 0.570. The van der Waals surface area contributed by atoms with Crippen molar-refractivity contribution in [3.05, 3.63) is 132 Å². The Balaban J connectivity index is 0.000000172. The molecule has 56 heavy (non-hydrogen) atoms. The second kappa shape index (κ2) is 17.8. The van der Waals surface area contributed by atoms with Crippen LogP contribution >= 0.6 is 27.5 Å². The first-order valence-corrected chi connectivity index (χ1v) is 21.1. The maximum absolute atomic E-state index is 12.1. The molecule has 2 aromatic heterocycles. The fraction of sp³-hybridized carbons (Fsp3) is 0.391. The van der Waals surface area contributed by atoms with E-state index in [0.717, 1.165) is 59.9 Å². The lowest BCUT2D eigenvalue weighted by molar-refractivity contribution is 0.0900. The average molecular weight is 838 g/mol. The van der Waals surface area contributed by atoms with E-state index in [2.05, 4.69) is 90.5 Å². The van der Waals surface area contributed by atoms with E-state index in [1.807, 2.05) is 35.9 Å². The van der Waals surface area contributed by atoms with Crippen LogP contribution in [0.1, 0.15) is 101 Å². The highest BCUT2D eigenvalue weighted by Crippen LogP contribution is 2.43. The van der Waals surface area contributed by atoms with Crippen LogP contribution in [0, 0.1) is 19.8 Å². The number of benzene rings is 2. The van der Waals surface area contributed by atoms with Gasteiger partial charge >= 0.3 is 12.2 Å². The minimum atomic E-state index is -0.207. The summed E-state index contributed by atoms with van der Waals surface area (Å²) in [6.45, 7) is 11.6. The van der Waals surface area contributed by atoms with E-state index in [-0.39, 0.29) is 18.1 Å². The third-order valence-electron chi connectivity index (χ3n) is 11.4. The first kappa shape index (κ1) is 39.8. The van der Waals surface area contributed by atoms with Crippen LogP contribution in [0.5, 0.6) is 0 Å². The van der Waals surface area contributed by atoms with Crippen molar-refractivity contribution in [2.24, 2.45) is 5.92 Å². The molecule has 1 atom stereocenters. The van der Waals surface area contributed by atoms with Crippen molar-refractivity contribution in [3.63, 3.8) is 0 Å². The molecule has 4 aromatic rings. The Bertz CT molecular complexity index is 2110. The van der Waals surface area contributed by atoms with E-state index in [1.54, 1.807) is 0 Å². The molecule has 0 N–H and O–H groups in total. The number of ether oxygens (including phenoxy) is 2. The minimum absolute atomic E-state index is 0.170. The lowest BCUT2D eigenvalue weighted by atomic mass is 9.76. The number of carbonyl (C=O) groups is 2. The fourth-order valence-electron chi connectivity index (χ4n) is 8.66. The van der Waals surface area contributed by atoms with Gasteiger partial charge in [0.2, 0.25) is 0 Å². The van der Waals surface area contributed by atoms with Gasteiger partial charge in [-0.15, -0.1) is 0 Å².